The van der Waals surface area contributed by atoms with Gasteiger partial charge in [0.05, 0.1) is 12.8 Å². The van der Waals surface area contributed by atoms with Crippen molar-refractivity contribution in [2.75, 3.05) is 0 Å². The SMILES string of the molecule is O=C(Cc1ccc(-c2nn3c(CC(=O)NC4CCCCC4)nnc3s2)cc1Cl)NC1CCCCC1. The molecule has 0 radical (unpaired) electrons. The lowest BCUT2D eigenvalue weighted by molar-refractivity contribution is -0.122. The van der Waals surface area contributed by atoms with Crippen molar-refractivity contribution in [3.05, 3.63) is 34.6 Å². The zero-order valence-corrected chi connectivity index (χ0v) is 21.3. The number of benzene rings is 1. The lowest BCUT2D eigenvalue weighted by Crippen LogP contribution is -2.37. The smallest absolute Gasteiger partial charge is 0.234 e. The summed E-state index contributed by atoms with van der Waals surface area (Å²) in [6, 6.07) is 6.20. The molecule has 2 aliphatic carbocycles. The molecule has 2 fully saturated rings. The molecule has 3 aromatic rings. The molecule has 5 rings (SSSR count). The van der Waals surface area contributed by atoms with Gasteiger partial charge in [-0.15, -0.1) is 10.2 Å². The van der Waals surface area contributed by atoms with E-state index in [1.54, 1.807) is 4.52 Å². The van der Waals surface area contributed by atoms with Crippen LogP contribution in [0.3, 0.4) is 0 Å². The molecule has 2 aromatic heterocycles. The van der Waals surface area contributed by atoms with Crippen molar-refractivity contribution in [2.24, 2.45) is 0 Å². The third kappa shape index (κ3) is 6.01. The molecule has 2 heterocycles. The van der Waals surface area contributed by atoms with Crippen LogP contribution in [0.15, 0.2) is 18.2 Å². The molecule has 2 N–H and O–H groups in total. The Balaban J connectivity index is 1.23. The summed E-state index contributed by atoms with van der Waals surface area (Å²) in [6.07, 6.45) is 11.8. The van der Waals surface area contributed by atoms with Crippen LogP contribution in [-0.2, 0) is 22.4 Å². The third-order valence-electron chi connectivity index (χ3n) is 6.97. The number of nitrogens with zero attached hydrogens (tertiary/aromatic N) is 4. The fourth-order valence-corrected chi connectivity index (χ4v) is 6.18. The zero-order valence-electron chi connectivity index (χ0n) is 19.8. The van der Waals surface area contributed by atoms with Gasteiger partial charge in [0.25, 0.3) is 0 Å². The number of aromatic nitrogens is 4. The Morgan fingerprint density at radius 1 is 0.914 bits per heavy atom. The highest BCUT2D eigenvalue weighted by Gasteiger charge is 2.20. The molecule has 0 spiro atoms. The van der Waals surface area contributed by atoms with Crippen LogP contribution in [-0.4, -0.2) is 43.7 Å². The van der Waals surface area contributed by atoms with Gasteiger partial charge in [0.1, 0.15) is 5.01 Å². The Hall–Kier alpha value is -2.52. The van der Waals surface area contributed by atoms with Gasteiger partial charge in [-0.25, -0.2) is 0 Å². The van der Waals surface area contributed by atoms with Gasteiger partial charge in [-0.3, -0.25) is 9.59 Å². The maximum atomic E-state index is 12.5. The van der Waals surface area contributed by atoms with Crippen LogP contribution >= 0.6 is 22.9 Å². The minimum absolute atomic E-state index is 0.0153. The number of hydrogen-bond donors (Lipinski definition) is 2. The van der Waals surface area contributed by atoms with E-state index in [0.29, 0.717) is 15.8 Å². The van der Waals surface area contributed by atoms with Crippen molar-refractivity contribution < 1.29 is 9.59 Å². The summed E-state index contributed by atoms with van der Waals surface area (Å²) in [5, 5.41) is 20.6. The van der Waals surface area contributed by atoms with Gasteiger partial charge in [-0.05, 0) is 37.3 Å². The Kier molecular flexibility index (Phi) is 7.63. The Bertz CT molecular complexity index is 1200. The van der Waals surface area contributed by atoms with E-state index in [1.165, 1.54) is 49.9 Å². The average Bonchev–Trinajstić information content (AvgIpc) is 3.44. The second kappa shape index (κ2) is 11.0. The average molecular weight is 515 g/mol. The molecular weight excluding hydrogens is 484 g/mol. The molecule has 0 bridgehead atoms. The summed E-state index contributed by atoms with van der Waals surface area (Å²) >= 11 is 7.93. The van der Waals surface area contributed by atoms with Crippen LogP contribution < -0.4 is 10.6 Å². The van der Waals surface area contributed by atoms with Crippen LogP contribution in [0.2, 0.25) is 5.02 Å². The normalized spacial score (nSPS) is 17.5. The molecule has 35 heavy (non-hydrogen) atoms. The Labute approximate surface area is 213 Å². The first-order valence-corrected chi connectivity index (χ1v) is 13.8. The van der Waals surface area contributed by atoms with Gasteiger partial charge in [0.2, 0.25) is 16.8 Å². The van der Waals surface area contributed by atoms with Gasteiger partial charge in [-0.2, -0.15) is 9.61 Å². The van der Waals surface area contributed by atoms with Crippen molar-refractivity contribution in [2.45, 2.75) is 89.1 Å². The zero-order chi connectivity index (χ0) is 24.2. The van der Waals surface area contributed by atoms with Crippen LogP contribution in [0.1, 0.15) is 75.6 Å². The number of hydrogen-bond acceptors (Lipinski definition) is 6. The summed E-state index contributed by atoms with van der Waals surface area (Å²) < 4.78 is 1.64. The van der Waals surface area contributed by atoms with Gasteiger partial charge in [0.15, 0.2) is 5.82 Å². The summed E-state index contributed by atoms with van der Waals surface area (Å²) in [5.41, 5.74) is 1.64. The van der Waals surface area contributed by atoms with E-state index in [2.05, 4.69) is 25.9 Å². The molecule has 0 atom stereocenters. The van der Waals surface area contributed by atoms with Crippen LogP contribution in [0.25, 0.3) is 15.5 Å². The van der Waals surface area contributed by atoms with Crippen LogP contribution in [0.5, 0.6) is 0 Å². The second-order valence-electron chi connectivity index (χ2n) is 9.68. The van der Waals surface area contributed by atoms with E-state index in [-0.39, 0.29) is 36.7 Å². The summed E-state index contributed by atoms with van der Waals surface area (Å²) in [7, 11) is 0. The summed E-state index contributed by atoms with van der Waals surface area (Å²) in [5.74, 6) is 0.499. The highest BCUT2D eigenvalue weighted by Crippen LogP contribution is 2.30. The predicted molar refractivity (Wildman–Crippen MR) is 137 cm³/mol. The molecule has 8 nitrogen and oxygen atoms in total. The fourth-order valence-electron chi connectivity index (χ4n) is 5.08. The van der Waals surface area contributed by atoms with E-state index in [4.69, 9.17) is 11.6 Å². The monoisotopic (exact) mass is 514 g/mol. The Morgan fingerprint density at radius 2 is 1.54 bits per heavy atom. The molecule has 2 aliphatic rings. The number of halogens is 1. The topological polar surface area (TPSA) is 101 Å². The lowest BCUT2D eigenvalue weighted by Gasteiger charge is -2.22. The Morgan fingerprint density at radius 3 is 2.17 bits per heavy atom. The molecular formula is C25H31ClN6O2S. The quantitative estimate of drug-likeness (QED) is 0.483. The third-order valence-corrected chi connectivity index (χ3v) is 8.27. The number of carbonyl (C=O) groups is 2. The van der Waals surface area contributed by atoms with Gasteiger partial charge >= 0.3 is 0 Å². The van der Waals surface area contributed by atoms with Crippen molar-refractivity contribution in [1.29, 1.82) is 0 Å². The molecule has 0 aliphatic heterocycles. The number of amides is 2. The van der Waals surface area contributed by atoms with Gasteiger partial charge < -0.3 is 10.6 Å². The van der Waals surface area contributed by atoms with E-state index in [9.17, 15) is 9.59 Å². The van der Waals surface area contributed by atoms with E-state index in [1.807, 2.05) is 18.2 Å². The highest BCUT2D eigenvalue weighted by atomic mass is 35.5. The largest absolute Gasteiger partial charge is 0.353 e. The van der Waals surface area contributed by atoms with Crippen molar-refractivity contribution in [1.82, 2.24) is 30.4 Å². The number of nitrogens with one attached hydrogen (secondary N) is 2. The van der Waals surface area contributed by atoms with Gasteiger partial charge in [-0.1, -0.05) is 73.6 Å². The summed E-state index contributed by atoms with van der Waals surface area (Å²) in [6.45, 7) is 0. The van der Waals surface area contributed by atoms with E-state index >= 15 is 0 Å². The highest BCUT2D eigenvalue weighted by molar-refractivity contribution is 7.19. The molecule has 2 saturated carbocycles. The maximum absolute atomic E-state index is 12.5. The van der Waals surface area contributed by atoms with Crippen molar-refractivity contribution in [3.63, 3.8) is 0 Å². The van der Waals surface area contributed by atoms with Crippen LogP contribution in [0.4, 0.5) is 0 Å². The second-order valence-corrected chi connectivity index (χ2v) is 11.0. The molecule has 1 aromatic carbocycles. The molecule has 0 saturated heterocycles. The molecule has 10 heteroatoms. The van der Waals surface area contributed by atoms with E-state index in [0.717, 1.165) is 41.8 Å². The predicted octanol–water partition coefficient (Wildman–Crippen LogP) is 4.49. The first-order valence-electron chi connectivity index (χ1n) is 12.6. The maximum Gasteiger partial charge on any atom is 0.234 e. The first-order chi connectivity index (χ1) is 17.0. The number of rotatable bonds is 7. The van der Waals surface area contributed by atoms with E-state index < -0.39 is 0 Å². The minimum atomic E-state index is -0.0420. The molecule has 2 amide bonds. The fraction of sp³-hybridized carbons (Fsp3) is 0.560. The lowest BCUT2D eigenvalue weighted by atomic mass is 9.95. The van der Waals surface area contributed by atoms with Crippen molar-refractivity contribution >= 4 is 39.7 Å². The minimum Gasteiger partial charge on any atom is -0.353 e. The van der Waals surface area contributed by atoms with Crippen LogP contribution in [0, 0.1) is 0 Å². The molecule has 0 unspecified atom stereocenters. The number of fused-ring (bicyclic) bond motifs is 1. The first kappa shape index (κ1) is 24.2. The van der Waals surface area contributed by atoms with Crippen molar-refractivity contribution in [3.8, 4) is 10.6 Å². The summed E-state index contributed by atoms with van der Waals surface area (Å²) in [4.78, 5) is 25.7. The number of carbonyl (C=O) groups excluding carboxylic acids is 2. The van der Waals surface area contributed by atoms with Gasteiger partial charge in [0, 0.05) is 22.7 Å². The molecule has 186 valence electrons. The standard InChI is InChI=1S/C25H31ClN6O2S/c26-20-13-17(12-11-16(20)14-22(33)27-18-7-3-1-4-8-18)24-31-32-21(29-30-25(32)35-24)15-23(34)28-19-9-5-2-6-10-19/h11-13,18-19H,1-10,14-15H2,(H,27,33)(H,28,34).